The minimum Gasteiger partial charge on any atom is -0.367 e. The van der Waals surface area contributed by atoms with Crippen LogP contribution in [0.4, 0.5) is 0 Å². The topological polar surface area (TPSA) is 52.6 Å². The van der Waals surface area contributed by atoms with Crippen LogP contribution >= 0.6 is 0 Å². The van der Waals surface area contributed by atoms with E-state index < -0.39 is 10.1 Å². The van der Waals surface area contributed by atoms with Crippen LogP contribution < -0.4 is 0 Å². The molecule has 4 nitrogen and oxygen atoms in total. The van der Waals surface area contributed by atoms with Crippen LogP contribution in [0.3, 0.4) is 0 Å². The first-order valence-corrected chi connectivity index (χ1v) is 11.7. The number of hydrogen-bond donors (Lipinski definition) is 0. The van der Waals surface area contributed by atoms with Crippen LogP contribution in [0.1, 0.15) is 46.3 Å². The standard InChI is InChI=1S/C25H24O4S/c1-17-10-12-21(13-11-17)30(26,27)28-16-20-15-24-22-8-4-2-6-18(22)14-19-7-3-5-9-23(19)25(24)29-20/h2-13,20,24-25H,14-16H2,1H3/t20-,24-,25-/m1/s1. The summed E-state index contributed by atoms with van der Waals surface area (Å²) in [6.45, 7) is 1.94. The van der Waals surface area contributed by atoms with Gasteiger partial charge in [-0.05, 0) is 54.2 Å². The highest BCUT2D eigenvalue weighted by atomic mass is 32.2. The third kappa shape index (κ3) is 3.58. The predicted octanol–water partition coefficient (Wildman–Crippen LogP) is 4.92. The lowest BCUT2D eigenvalue weighted by Crippen LogP contribution is -2.19. The lowest BCUT2D eigenvalue weighted by atomic mass is 9.87. The first-order chi connectivity index (χ1) is 14.5. The zero-order chi connectivity index (χ0) is 20.7. The number of aryl methyl sites for hydroxylation is 1. The van der Waals surface area contributed by atoms with Gasteiger partial charge in [-0.2, -0.15) is 8.42 Å². The third-order valence-corrected chi connectivity index (χ3v) is 7.43. The summed E-state index contributed by atoms with van der Waals surface area (Å²) in [5.74, 6) is 0.195. The highest BCUT2D eigenvalue weighted by Gasteiger charge is 2.41. The van der Waals surface area contributed by atoms with Gasteiger partial charge in [0.05, 0.1) is 23.7 Å². The van der Waals surface area contributed by atoms with Gasteiger partial charge in [0.25, 0.3) is 10.1 Å². The van der Waals surface area contributed by atoms with Crippen LogP contribution in [-0.2, 0) is 25.5 Å². The van der Waals surface area contributed by atoms with Crippen molar-refractivity contribution in [3.63, 3.8) is 0 Å². The van der Waals surface area contributed by atoms with Crippen molar-refractivity contribution >= 4 is 10.1 Å². The van der Waals surface area contributed by atoms with Crippen molar-refractivity contribution in [1.29, 1.82) is 0 Å². The van der Waals surface area contributed by atoms with Crippen LogP contribution in [0, 0.1) is 6.92 Å². The van der Waals surface area contributed by atoms with E-state index in [0.29, 0.717) is 0 Å². The molecule has 0 saturated carbocycles. The summed E-state index contributed by atoms with van der Waals surface area (Å²) in [6.07, 6.45) is 1.27. The van der Waals surface area contributed by atoms with Gasteiger partial charge < -0.3 is 4.74 Å². The number of hydrogen-bond acceptors (Lipinski definition) is 4. The fourth-order valence-corrected chi connectivity index (χ4v) is 5.56. The molecule has 0 aromatic heterocycles. The molecular formula is C25H24O4S. The average molecular weight is 421 g/mol. The van der Waals surface area contributed by atoms with Crippen molar-refractivity contribution in [1.82, 2.24) is 0 Å². The van der Waals surface area contributed by atoms with E-state index in [1.165, 1.54) is 22.3 Å². The Morgan fingerprint density at radius 2 is 1.53 bits per heavy atom. The molecule has 2 aliphatic rings. The Balaban J connectivity index is 1.39. The number of rotatable bonds is 4. The largest absolute Gasteiger partial charge is 0.367 e. The molecule has 0 bridgehead atoms. The van der Waals surface area contributed by atoms with Gasteiger partial charge in [0.2, 0.25) is 0 Å². The second-order valence-electron chi connectivity index (χ2n) is 8.15. The van der Waals surface area contributed by atoms with E-state index >= 15 is 0 Å². The average Bonchev–Trinajstić information content (AvgIpc) is 3.12. The fraction of sp³-hybridized carbons (Fsp3) is 0.280. The van der Waals surface area contributed by atoms with Gasteiger partial charge >= 0.3 is 0 Å². The fourth-order valence-electron chi connectivity index (χ4n) is 4.63. The molecule has 1 heterocycles. The Morgan fingerprint density at radius 3 is 2.27 bits per heavy atom. The van der Waals surface area contributed by atoms with E-state index in [2.05, 4.69) is 42.5 Å². The number of benzene rings is 3. The summed E-state index contributed by atoms with van der Waals surface area (Å²) >= 11 is 0. The Hall–Kier alpha value is -2.47. The van der Waals surface area contributed by atoms with Crippen molar-refractivity contribution in [2.24, 2.45) is 0 Å². The lowest BCUT2D eigenvalue weighted by Gasteiger charge is -2.19. The van der Waals surface area contributed by atoms with E-state index in [0.717, 1.165) is 18.4 Å². The maximum absolute atomic E-state index is 12.6. The SMILES string of the molecule is Cc1ccc(S(=O)(=O)OC[C@H]2C[C@@H]3c4ccccc4Cc4ccccc4[C@H]3O2)cc1. The van der Waals surface area contributed by atoms with E-state index in [4.69, 9.17) is 8.92 Å². The molecule has 0 spiro atoms. The molecule has 3 atom stereocenters. The van der Waals surface area contributed by atoms with Gasteiger partial charge in [0, 0.05) is 5.92 Å². The van der Waals surface area contributed by atoms with Crippen LogP contribution in [0.25, 0.3) is 0 Å². The van der Waals surface area contributed by atoms with Crippen molar-refractivity contribution in [3.05, 3.63) is 101 Å². The summed E-state index contributed by atoms with van der Waals surface area (Å²) < 4.78 is 37.0. The Bertz CT molecular complexity index is 1110. The van der Waals surface area contributed by atoms with E-state index in [9.17, 15) is 8.42 Å². The Kier molecular flexibility index (Phi) is 4.97. The molecule has 1 aliphatic carbocycles. The van der Waals surface area contributed by atoms with Gasteiger partial charge in [-0.1, -0.05) is 66.2 Å². The molecule has 1 saturated heterocycles. The van der Waals surface area contributed by atoms with Gasteiger partial charge in [-0.3, -0.25) is 4.18 Å². The molecule has 30 heavy (non-hydrogen) atoms. The quantitative estimate of drug-likeness (QED) is 0.562. The van der Waals surface area contributed by atoms with E-state index in [1.807, 2.05) is 13.0 Å². The highest BCUT2D eigenvalue weighted by molar-refractivity contribution is 7.86. The Morgan fingerprint density at radius 1 is 0.900 bits per heavy atom. The zero-order valence-electron chi connectivity index (χ0n) is 16.8. The lowest BCUT2D eigenvalue weighted by molar-refractivity contribution is 0.0157. The molecule has 5 heteroatoms. The molecule has 3 aromatic rings. The molecule has 1 fully saturated rings. The molecule has 1 aliphatic heterocycles. The summed E-state index contributed by atoms with van der Waals surface area (Å²) in [6, 6.07) is 23.6. The first kappa shape index (κ1) is 19.5. The Labute approximate surface area is 177 Å². The third-order valence-electron chi connectivity index (χ3n) is 6.14. The van der Waals surface area contributed by atoms with Crippen LogP contribution in [-0.4, -0.2) is 21.1 Å². The van der Waals surface area contributed by atoms with Gasteiger partial charge in [0.15, 0.2) is 0 Å². The van der Waals surface area contributed by atoms with Gasteiger partial charge in [-0.15, -0.1) is 0 Å². The van der Waals surface area contributed by atoms with E-state index in [-0.39, 0.29) is 29.6 Å². The minimum absolute atomic E-state index is 0.0214. The van der Waals surface area contributed by atoms with Gasteiger partial charge in [0.1, 0.15) is 0 Å². The molecule has 0 amide bonds. The first-order valence-electron chi connectivity index (χ1n) is 10.3. The summed E-state index contributed by atoms with van der Waals surface area (Å²) in [7, 11) is -3.81. The second kappa shape index (κ2) is 7.65. The maximum Gasteiger partial charge on any atom is 0.297 e. The van der Waals surface area contributed by atoms with Crippen LogP contribution in [0.15, 0.2) is 77.7 Å². The zero-order valence-corrected chi connectivity index (χ0v) is 17.6. The molecule has 5 rings (SSSR count). The second-order valence-corrected chi connectivity index (χ2v) is 9.76. The monoisotopic (exact) mass is 420 g/mol. The number of ether oxygens (including phenoxy) is 1. The van der Waals surface area contributed by atoms with Crippen LogP contribution in [0.2, 0.25) is 0 Å². The van der Waals surface area contributed by atoms with E-state index in [1.54, 1.807) is 24.3 Å². The molecule has 0 radical (unpaired) electrons. The predicted molar refractivity (Wildman–Crippen MR) is 115 cm³/mol. The molecule has 3 aromatic carbocycles. The van der Waals surface area contributed by atoms with Crippen molar-refractivity contribution in [3.8, 4) is 0 Å². The summed E-state index contributed by atoms with van der Waals surface area (Å²) in [4.78, 5) is 0.177. The molecular weight excluding hydrogens is 396 g/mol. The smallest absolute Gasteiger partial charge is 0.297 e. The minimum atomic E-state index is -3.81. The van der Waals surface area contributed by atoms with Crippen molar-refractivity contribution < 1.29 is 17.3 Å². The summed E-state index contributed by atoms with van der Waals surface area (Å²) in [5.41, 5.74) is 6.08. The summed E-state index contributed by atoms with van der Waals surface area (Å²) in [5, 5.41) is 0. The molecule has 0 N–H and O–H groups in total. The highest BCUT2D eigenvalue weighted by Crippen LogP contribution is 2.49. The van der Waals surface area contributed by atoms with Crippen molar-refractivity contribution in [2.75, 3.05) is 6.61 Å². The maximum atomic E-state index is 12.6. The molecule has 0 unspecified atom stereocenters. The molecule has 154 valence electrons. The normalized spacial score (nSPS) is 22.6. The van der Waals surface area contributed by atoms with Gasteiger partial charge in [-0.25, -0.2) is 0 Å². The van der Waals surface area contributed by atoms with Crippen LogP contribution in [0.5, 0.6) is 0 Å². The van der Waals surface area contributed by atoms with Crippen molar-refractivity contribution in [2.45, 2.75) is 42.8 Å². The number of fused-ring (bicyclic) bond motifs is 5.